The summed E-state index contributed by atoms with van der Waals surface area (Å²) in [4.78, 5) is 21.9. The zero-order chi connectivity index (χ0) is 11.4. The van der Waals surface area contributed by atoms with Crippen LogP contribution in [0.15, 0.2) is 22.7 Å². The molecule has 4 nitrogen and oxygen atoms in total. The molecule has 0 aliphatic rings. The summed E-state index contributed by atoms with van der Waals surface area (Å²) in [5, 5.41) is 2.26. The highest BCUT2D eigenvalue weighted by Crippen LogP contribution is 2.22. The second kappa shape index (κ2) is 4.88. The van der Waals surface area contributed by atoms with Crippen molar-refractivity contribution in [2.75, 3.05) is 12.4 Å². The third-order valence-corrected chi connectivity index (χ3v) is 2.21. The Labute approximate surface area is 93.5 Å². The summed E-state index contributed by atoms with van der Waals surface area (Å²) in [6.45, 7) is 0. The van der Waals surface area contributed by atoms with Gasteiger partial charge in [-0.25, -0.2) is 9.18 Å². The average molecular weight is 276 g/mol. The van der Waals surface area contributed by atoms with Crippen LogP contribution in [0, 0.1) is 5.82 Å². The normalized spacial score (nSPS) is 9.53. The second-order valence-corrected chi connectivity index (χ2v) is 3.42. The number of hydrogen-bond acceptors (Lipinski definition) is 3. The SMILES string of the molecule is COC(=O)C(=O)Nc1ccc(F)cc1Br. The molecule has 1 aromatic carbocycles. The number of nitrogens with one attached hydrogen (secondary N) is 1. The Hall–Kier alpha value is -1.43. The lowest BCUT2D eigenvalue weighted by Crippen LogP contribution is -2.23. The Morgan fingerprint density at radius 2 is 2.13 bits per heavy atom. The van der Waals surface area contributed by atoms with Gasteiger partial charge in [-0.1, -0.05) is 0 Å². The third-order valence-electron chi connectivity index (χ3n) is 1.55. The van der Waals surface area contributed by atoms with Crippen LogP contribution in [0.2, 0.25) is 0 Å². The molecule has 0 radical (unpaired) electrons. The fourth-order valence-electron chi connectivity index (χ4n) is 0.857. The molecule has 1 N–H and O–H groups in total. The first kappa shape index (κ1) is 11.6. The largest absolute Gasteiger partial charge is 0.462 e. The maximum absolute atomic E-state index is 12.7. The predicted octanol–water partition coefficient (Wildman–Crippen LogP) is 1.70. The molecule has 1 amide bonds. The van der Waals surface area contributed by atoms with Crippen molar-refractivity contribution in [2.45, 2.75) is 0 Å². The topological polar surface area (TPSA) is 55.4 Å². The Kier molecular flexibility index (Phi) is 3.79. The molecule has 6 heteroatoms. The first-order chi connectivity index (χ1) is 7.04. The lowest BCUT2D eigenvalue weighted by atomic mass is 10.3. The summed E-state index contributed by atoms with van der Waals surface area (Å²) in [5.41, 5.74) is 0.298. The summed E-state index contributed by atoms with van der Waals surface area (Å²) < 4.78 is 17.2. The van der Waals surface area contributed by atoms with Crippen molar-refractivity contribution in [3.8, 4) is 0 Å². The van der Waals surface area contributed by atoms with Gasteiger partial charge < -0.3 is 10.1 Å². The fraction of sp³-hybridized carbons (Fsp3) is 0.111. The Morgan fingerprint density at radius 3 is 2.67 bits per heavy atom. The lowest BCUT2D eigenvalue weighted by molar-refractivity contribution is -0.150. The molecule has 15 heavy (non-hydrogen) atoms. The Bertz CT molecular complexity index is 408. The molecule has 0 saturated carbocycles. The van der Waals surface area contributed by atoms with E-state index >= 15 is 0 Å². The van der Waals surface area contributed by atoms with Crippen LogP contribution in [0.4, 0.5) is 10.1 Å². The standard InChI is InChI=1S/C9H7BrFNO3/c1-15-9(14)8(13)12-7-3-2-5(11)4-6(7)10/h2-4H,1H3,(H,12,13). The van der Waals surface area contributed by atoms with Gasteiger partial charge in [0.2, 0.25) is 0 Å². The minimum Gasteiger partial charge on any atom is -0.462 e. The highest BCUT2D eigenvalue weighted by atomic mass is 79.9. The van der Waals surface area contributed by atoms with Gasteiger partial charge in [0.1, 0.15) is 5.82 Å². The first-order valence-electron chi connectivity index (χ1n) is 3.89. The molecule has 0 aliphatic heterocycles. The van der Waals surface area contributed by atoms with E-state index in [-0.39, 0.29) is 0 Å². The number of hydrogen-bond donors (Lipinski definition) is 1. The molecule has 1 aromatic rings. The molecule has 0 fully saturated rings. The number of ether oxygens (including phenoxy) is 1. The van der Waals surface area contributed by atoms with Crippen LogP contribution in [0.5, 0.6) is 0 Å². The maximum Gasteiger partial charge on any atom is 0.396 e. The number of rotatable bonds is 1. The number of benzene rings is 1. The number of anilines is 1. The van der Waals surface area contributed by atoms with Crippen LogP contribution in [-0.4, -0.2) is 19.0 Å². The highest BCUT2D eigenvalue weighted by molar-refractivity contribution is 9.10. The number of halogens is 2. The molecule has 0 unspecified atom stereocenters. The summed E-state index contributed by atoms with van der Waals surface area (Å²) in [6.07, 6.45) is 0. The van der Waals surface area contributed by atoms with E-state index in [1.54, 1.807) is 0 Å². The fourth-order valence-corrected chi connectivity index (χ4v) is 1.31. The summed E-state index contributed by atoms with van der Waals surface area (Å²) in [6, 6.07) is 3.67. The van der Waals surface area contributed by atoms with Crippen LogP contribution in [0.25, 0.3) is 0 Å². The summed E-state index contributed by atoms with van der Waals surface area (Å²) in [7, 11) is 1.10. The monoisotopic (exact) mass is 275 g/mol. The van der Waals surface area contributed by atoms with Gasteiger partial charge in [0.05, 0.1) is 12.8 Å². The smallest absolute Gasteiger partial charge is 0.396 e. The van der Waals surface area contributed by atoms with E-state index in [9.17, 15) is 14.0 Å². The third kappa shape index (κ3) is 3.02. The average Bonchev–Trinajstić information content (AvgIpc) is 2.20. The van der Waals surface area contributed by atoms with Crippen molar-refractivity contribution in [3.05, 3.63) is 28.5 Å². The van der Waals surface area contributed by atoms with Gasteiger partial charge in [-0.15, -0.1) is 0 Å². The molecule has 0 heterocycles. The van der Waals surface area contributed by atoms with Crippen LogP contribution >= 0.6 is 15.9 Å². The highest BCUT2D eigenvalue weighted by Gasteiger charge is 2.14. The van der Waals surface area contributed by atoms with Gasteiger partial charge in [-0.3, -0.25) is 4.79 Å². The molecular weight excluding hydrogens is 269 g/mol. The van der Waals surface area contributed by atoms with Gasteiger partial charge in [-0.2, -0.15) is 0 Å². The molecular formula is C9H7BrFNO3. The van der Waals surface area contributed by atoms with Gasteiger partial charge >= 0.3 is 11.9 Å². The van der Waals surface area contributed by atoms with Crippen LogP contribution in [-0.2, 0) is 14.3 Å². The number of amides is 1. The van der Waals surface area contributed by atoms with E-state index in [2.05, 4.69) is 26.0 Å². The van der Waals surface area contributed by atoms with Crippen molar-refractivity contribution in [1.82, 2.24) is 0 Å². The quantitative estimate of drug-likeness (QED) is 0.627. The van der Waals surface area contributed by atoms with E-state index in [4.69, 9.17) is 0 Å². The van der Waals surface area contributed by atoms with Crippen LogP contribution in [0.1, 0.15) is 0 Å². The second-order valence-electron chi connectivity index (χ2n) is 2.57. The Morgan fingerprint density at radius 1 is 1.47 bits per heavy atom. The van der Waals surface area contributed by atoms with Gasteiger partial charge in [0.25, 0.3) is 0 Å². The molecule has 0 spiro atoms. The molecule has 1 rings (SSSR count). The molecule has 0 aromatic heterocycles. The van der Waals surface area contributed by atoms with Crippen molar-refractivity contribution in [1.29, 1.82) is 0 Å². The molecule has 0 atom stereocenters. The van der Waals surface area contributed by atoms with Crippen molar-refractivity contribution in [3.63, 3.8) is 0 Å². The van der Waals surface area contributed by atoms with E-state index in [1.807, 2.05) is 0 Å². The van der Waals surface area contributed by atoms with Crippen LogP contribution in [0.3, 0.4) is 0 Å². The van der Waals surface area contributed by atoms with Gasteiger partial charge in [-0.05, 0) is 34.1 Å². The number of carbonyl (C=O) groups excluding carboxylic acids is 2. The van der Waals surface area contributed by atoms with Gasteiger partial charge in [0.15, 0.2) is 0 Å². The van der Waals surface area contributed by atoms with E-state index in [0.29, 0.717) is 10.2 Å². The molecule has 0 bridgehead atoms. The first-order valence-corrected chi connectivity index (χ1v) is 4.68. The Balaban J connectivity index is 2.81. The van der Waals surface area contributed by atoms with E-state index in [0.717, 1.165) is 13.2 Å². The lowest BCUT2D eigenvalue weighted by Gasteiger charge is -2.05. The minimum absolute atomic E-state index is 0.298. The number of methoxy groups -OCH3 is 1. The minimum atomic E-state index is -1.01. The zero-order valence-corrected chi connectivity index (χ0v) is 9.30. The van der Waals surface area contributed by atoms with Crippen LogP contribution < -0.4 is 5.32 Å². The molecule has 0 saturated heterocycles. The van der Waals surface area contributed by atoms with Crippen molar-refractivity contribution in [2.24, 2.45) is 0 Å². The van der Waals surface area contributed by atoms with E-state index in [1.165, 1.54) is 12.1 Å². The molecule has 0 aliphatic carbocycles. The summed E-state index contributed by atoms with van der Waals surface area (Å²) in [5.74, 6) is -2.37. The number of esters is 1. The van der Waals surface area contributed by atoms with Crippen molar-refractivity contribution >= 4 is 33.5 Å². The predicted molar refractivity (Wildman–Crippen MR) is 54.7 cm³/mol. The van der Waals surface area contributed by atoms with Crippen molar-refractivity contribution < 1.29 is 18.7 Å². The number of carbonyl (C=O) groups is 2. The zero-order valence-electron chi connectivity index (χ0n) is 7.71. The summed E-state index contributed by atoms with van der Waals surface area (Å²) >= 11 is 3.04. The maximum atomic E-state index is 12.7. The molecule has 80 valence electrons. The van der Waals surface area contributed by atoms with E-state index < -0.39 is 17.7 Å². The van der Waals surface area contributed by atoms with Gasteiger partial charge in [0, 0.05) is 4.47 Å².